The Kier molecular flexibility index (Phi) is 5.66. The molecule has 5 nitrogen and oxygen atoms in total. The second-order valence-corrected chi connectivity index (χ2v) is 3.89. The van der Waals surface area contributed by atoms with Crippen molar-refractivity contribution in [2.45, 2.75) is 32.2 Å². The van der Waals surface area contributed by atoms with Gasteiger partial charge >= 0.3 is 5.97 Å². The molecule has 0 heterocycles. The fraction of sp³-hybridized carbons (Fsp3) is 0.600. The molecule has 0 aromatic rings. The Balaban J connectivity index is 4.00. The van der Waals surface area contributed by atoms with Crippen LogP contribution in [0.5, 0.6) is 0 Å². The molecule has 0 saturated heterocycles. The first-order chi connectivity index (χ1) is 7.25. The van der Waals surface area contributed by atoms with Crippen LogP contribution in [0.3, 0.4) is 0 Å². The molecule has 0 fully saturated rings. The first-order valence-electron chi connectivity index (χ1n) is 4.91. The average molecular weight is 231 g/mol. The molecule has 0 rings (SSSR count). The highest BCUT2D eigenvalue weighted by Gasteiger charge is 2.26. The van der Waals surface area contributed by atoms with E-state index in [-0.39, 0.29) is 25.2 Å². The number of halogens is 1. The third-order valence-electron chi connectivity index (χ3n) is 2.04. The first-order valence-corrected chi connectivity index (χ1v) is 4.91. The number of allylic oxidation sites excluding steroid dienone is 1. The molecule has 0 amide bonds. The van der Waals surface area contributed by atoms with E-state index in [0.29, 0.717) is 0 Å². The summed E-state index contributed by atoms with van der Waals surface area (Å²) in [7, 11) is 0. The van der Waals surface area contributed by atoms with Gasteiger partial charge in [0.25, 0.3) is 0 Å². The predicted molar refractivity (Wildman–Crippen MR) is 60.1 cm³/mol. The Bertz CT molecular complexity index is 300. The molecule has 0 radical (unpaired) electrons. The van der Waals surface area contributed by atoms with Gasteiger partial charge in [0.2, 0.25) is 0 Å². The van der Waals surface area contributed by atoms with E-state index in [1.54, 1.807) is 0 Å². The van der Waals surface area contributed by atoms with Crippen molar-refractivity contribution in [3.63, 3.8) is 0 Å². The fourth-order valence-corrected chi connectivity index (χ4v) is 0.925. The minimum absolute atomic E-state index is 0.0519. The van der Waals surface area contributed by atoms with Gasteiger partial charge in [-0.2, -0.15) is 0 Å². The van der Waals surface area contributed by atoms with Gasteiger partial charge in [-0.05, 0) is 26.7 Å². The number of hydrogen-bond donors (Lipinski definition) is 4. The lowest BCUT2D eigenvalue weighted by atomic mass is 9.97. The monoisotopic (exact) mass is 231 g/mol. The smallest absolute Gasteiger partial charge is 0.323 e. The van der Waals surface area contributed by atoms with Crippen LogP contribution in [0.15, 0.2) is 11.9 Å². The highest BCUT2D eigenvalue weighted by Crippen LogP contribution is 2.11. The molecule has 0 spiro atoms. The van der Waals surface area contributed by atoms with E-state index in [2.05, 4.69) is 5.32 Å². The maximum atomic E-state index is 13.1. The molecular weight excluding hydrogens is 213 g/mol. The van der Waals surface area contributed by atoms with Crippen LogP contribution in [0, 0.1) is 5.41 Å². The highest BCUT2D eigenvalue weighted by atomic mass is 19.1. The number of nitrogens with one attached hydrogen (secondary N) is 2. The highest BCUT2D eigenvalue weighted by molar-refractivity contribution is 5.77. The predicted octanol–water partition coefficient (Wildman–Crippen LogP) is 1.01. The molecule has 6 heteroatoms. The lowest BCUT2D eigenvalue weighted by molar-refractivity contribution is -0.142. The summed E-state index contributed by atoms with van der Waals surface area (Å²) >= 11 is 0. The maximum Gasteiger partial charge on any atom is 0.323 e. The lowest BCUT2D eigenvalue weighted by Gasteiger charge is -2.17. The number of carbonyl (C=O) groups is 1. The Labute approximate surface area is 94.0 Å². The number of aliphatic carboxylic acids is 1. The third kappa shape index (κ3) is 6.13. The summed E-state index contributed by atoms with van der Waals surface area (Å²) < 4.78 is 13.1. The fourth-order valence-electron chi connectivity index (χ4n) is 0.925. The van der Waals surface area contributed by atoms with Crippen LogP contribution in [0.1, 0.15) is 26.7 Å². The zero-order valence-corrected chi connectivity index (χ0v) is 9.51. The quantitative estimate of drug-likeness (QED) is 0.405. The standard InChI is InChI=1S/C10H18FN3O2/c1-7(12)14-6-8(11)4-3-5-10(2,13)9(15)16/h4H,3,5-6,13H2,1-2H3,(H2,12,14)(H,15,16)/b8-4+/t10-/m0/s1. The van der Waals surface area contributed by atoms with Gasteiger partial charge in [0.1, 0.15) is 11.4 Å². The van der Waals surface area contributed by atoms with Crippen molar-refractivity contribution in [2.24, 2.45) is 5.73 Å². The van der Waals surface area contributed by atoms with Crippen LogP contribution in [-0.2, 0) is 4.79 Å². The Morgan fingerprint density at radius 3 is 2.69 bits per heavy atom. The molecule has 0 aliphatic heterocycles. The molecule has 0 aliphatic carbocycles. The van der Waals surface area contributed by atoms with Crippen LogP contribution >= 0.6 is 0 Å². The van der Waals surface area contributed by atoms with Crippen LogP contribution in [0.4, 0.5) is 4.39 Å². The molecular formula is C10H18FN3O2. The third-order valence-corrected chi connectivity index (χ3v) is 2.04. The zero-order valence-electron chi connectivity index (χ0n) is 9.51. The number of carboxylic acids is 1. The van der Waals surface area contributed by atoms with Crippen molar-refractivity contribution in [3.8, 4) is 0 Å². The normalized spacial score (nSPS) is 15.4. The van der Waals surface area contributed by atoms with E-state index < -0.39 is 17.3 Å². The molecule has 0 aliphatic rings. The molecule has 0 aromatic heterocycles. The van der Waals surface area contributed by atoms with Gasteiger partial charge in [-0.25, -0.2) is 4.39 Å². The molecule has 16 heavy (non-hydrogen) atoms. The molecule has 1 atom stereocenters. The topological polar surface area (TPSA) is 99.2 Å². The van der Waals surface area contributed by atoms with E-state index in [1.807, 2.05) is 0 Å². The summed E-state index contributed by atoms with van der Waals surface area (Å²) in [5, 5.41) is 18.2. The van der Waals surface area contributed by atoms with Crippen LogP contribution in [-0.4, -0.2) is 29.0 Å². The van der Waals surface area contributed by atoms with Gasteiger partial charge in [0.15, 0.2) is 0 Å². The van der Waals surface area contributed by atoms with Gasteiger partial charge < -0.3 is 16.2 Å². The molecule has 0 saturated carbocycles. The number of amidine groups is 1. The van der Waals surface area contributed by atoms with Crippen LogP contribution < -0.4 is 11.1 Å². The molecule has 0 bridgehead atoms. The zero-order chi connectivity index (χ0) is 12.8. The van der Waals surface area contributed by atoms with Crippen molar-refractivity contribution in [2.75, 3.05) is 6.54 Å². The van der Waals surface area contributed by atoms with E-state index in [0.717, 1.165) is 0 Å². The van der Waals surface area contributed by atoms with Gasteiger partial charge in [-0.1, -0.05) is 6.08 Å². The Morgan fingerprint density at radius 1 is 1.69 bits per heavy atom. The van der Waals surface area contributed by atoms with Crippen molar-refractivity contribution in [1.29, 1.82) is 5.41 Å². The number of hydrogen-bond acceptors (Lipinski definition) is 3. The largest absolute Gasteiger partial charge is 0.480 e. The SMILES string of the molecule is CC(=N)NC/C(F)=C\CC[C@](C)(N)C(=O)O. The van der Waals surface area contributed by atoms with E-state index in [4.69, 9.17) is 16.2 Å². The summed E-state index contributed by atoms with van der Waals surface area (Å²) in [4.78, 5) is 10.6. The van der Waals surface area contributed by atoms with Crippen LogP contribution in [0.25, 0.3) is 0 Å². The molecule has 0 unspecified atom stereocenters. The maximum absolute atomic E-state index is 13.1. The second kappa shape index (κ2) is 6.22. The van der Waals surface area contributed by atoms with Crippen molar-refractivity contribution in [1.82, 2.24) is 5.32 Å². The minimum atomic E-state index is -1.33. The van der Waals surface area contributed by atoms with Gasteiger partial charge in [-0.3, -0.25) is 10.2 Å². The average Bonchev–Trinajstić information content (AvgIpc) is 2.14. The molecule has 0 aromatic carbocycles. The summed E-state index contributed by atoms with van der Waals surface area (Å²) in [6.45, 7) is 2.85. The van der Waals surface area contributed by atoms with Gasteiger partial charge in [0.05, 0.1) is 12.4 Å². The molecule has 92 valence electrons. The lowest BCUT2D eigenvalue weighted by Crippen LogP contribution is -2.44. The van der Waals surface area contributed by atoms with Gasteiger partial charge in [-0.15, -0.1) is 0 Å². The number of rotatable bonds is 6. The Hall–Kier alpha value is -1.43. The van der Waals surface area contributed by atoms with Crippen LogP contribution in [0.2, 0.25) is 0 Å². The Morgan fingerprint density at radius 2 is 2.25 bits per heavy atom. The second-order valence-electron chi connectivity index (χ2n) is 3.89. The van der Waals surface area contributed by atoms with E-state index in [9.17, 15) is 9.18 Å². The van der Waals surface area contributed by atoms with E-state index in [1.165, 1.54) is 19.9 Å². The summed E-state index contributed by atoms with van der Waals surface area (Å²) in [6, 6.07) is 0. The summed E-state index contributed by atoms with van der Waals surface area (Å²) in [5.74, 6) is -1.35. The minimum Gasteiger partial charge on any atom is -0.480 e. The number of nitrogens with two attached hydrogens (primary N) is 1. The van der Waals surface area contributed by atoms with Gasteiger partial charge in [0, 0.05) is 0 Å². The van der Waals surface area contributed by atoms with Crippen molar-refractivity contribution in [3.05, 3.63) is 11.9 Å². The summed E-state index contributed by atoms with van der Waals surface area (Å²) in [5.41, 5.74) is 4.14. The van der Waals surface area contributed by atoms with Crippen molar-refractivity contribution < 1.29 is 14.3 Å². The van der Waals surface area contributed by atoms with Crippen molar-refractivity contribution >= 4 is 11.8 Å². The summed E-state index contributed by atoms with van der Waals surface area (Å²) in [6.07, 6.45) is 1.70. The first kappa shape index (κ1) is 14.6. The number of carboxylic acid groups (broad SMARTS) is 1. The van der Waals surface area contributed by atoms with E-state index >= 15 is 0 Å². The molecule has 5 N–H and O–H groups in total.